The van der Waals surface area contributed by atoms with Crippen molar-refractivity contribution in [3.05, 3.63) is 24.3 Å². The molecule has 1 saturated heterocycles. The average molecular weight is 449 g/mol. The highest BCUT2D eigenvalue weighted by atomic mass is 16.5. The van der Waals surface area contributed by atoms with Gasteiger partial charge in [0.2, 0.25) is 0 Å². The van der Waals surface area contributed by atoms with Crippen LogP contribution in [-0.4, -0.2) is 62.5 Å². The Morgan fingerprint density at radius 1 is 1.06 bits per heavy atom. The third-order valence-electron chi connectivity index (χ3n) is 5.58. The number of nitrogens with zero attached hydrogens (tertiary/aromatic N) is 1. The van der Waals surface area contributed by atoms with Gasteiger partial charge in [0.25, 0.3) is 5.91 Å². The van der Waals surface area contributed by atoms with Crippen molar-refractivity contribution in [2.24, 2.45) is 11.8 Å². The number of benzene rings is 1. The minimum Gasteiger partial charge on any atom is -0.494 e. The molecule has 1 aliphatic heterocycles. The first-order valence-corrected chi connectivity index (χ1v) is 12.3. The monoisotopic (exact) mass is 448 g/mol. The maximum Gasteiger partial charge on any atom is 0.256 e. The summed E-state index contributed by atoms with van der Waals surface area (Å²) in [6.07, 6.45) is 3.30. The van der Waals surface area contributed by atoms with Gasteiger partial charge in [-0.15, -0.1) is 0 Å². The van der Waals surface area contributed by atoms with Crippen LogP contribution in [0.15, 0.2) is 24.3 Å². The van der Waals surface area contributed by atoms with Crippen molar-refractivity contribution in [1.82, 2.24) is 4.90 Å². The molecule has 6 heteroatoms. The minimum absolute atomic E-state index is 0.0486. The van der Waals surface area contributed by atoms with E-state index in [2.05, 4.69) is 44.8 Å². The zero-order valence-electron chi connectivity index (χ0n) is 20.8. The van der Waals surface area contributed by atoms with Gasteiger partial charge < -0.3 is 19.5 Å². The molecule has 0 saturated carbocycles. The lowest BCUT2D eigenvalue weighted by Gasteiger charge is -2.35. The molecule has 0 radical (unpaired) electrons. The van der Waals surface area contributed by atoms with E-state index in [0.717, 1.165) is 57.1 Å². The summed E-state index contributed by atoms with van der Waals surface area (Å²) in [6.45, 7) is 16.6. The van der Waals surface area contributed by atoms with Crippen molar-refractivity contribution in [1.29, 1.82) is 0 Å². The van der Waals surface area contributed by atoms with Crippen LogP contribution >= 0.6 is 0 Å². The van der Waals surface area contributed by atoms with Crippen molar-refractivity contribution in [2.45, 2.75) is 65.9 Å². The average Bonchev–Trinajstić information content (AvgIpc) is 2.76. The summed E-state index contributed by atoms with van der Waals surface area (Å²) in [6, 6.07) is 7.66. The quantitative estimate of drug-likeness (QED) is 0.407. The molecular weight excluding hydrogens is 404 g/mol. The number of rotatable bonds is 14. The Bertz CT molecular complexity index is 644. The Balaban J connectivity index is 1.91. The molecule has 0 atom stereocenters. The molecular formula is C26H44N2O4. The van der Waals surface area contributed by atoms with E-state index in [4.69, 9.17) is 14.2 Å². The van der Waals surface area contributed by atoms with E-state index in [1.807, 2.05) is 24.3 Å². The Kier molecular flexibility index (Phi) is 11.5. The number of amides is 1. The van der Waals surface area contributed by atoms with Crippen LogP contribution in [0, 0.1) is 11.8 Å². The zero-order valence-corrected chi connectivity index (χ0v) is 20.8. The van der Waals surface area contributed by atoms with E-state index in [1.165, 1.54) is 0 Å². The van der Waals surface area contributed by atoms with Crippen LogP contribution < -0.4 is 10.1 Å². The molecule has 32 heavy (non-hydrogen) atoms. The van der Waals surface area contributed by atoms with Gasteiger partial charge in [-0.1, -0.05) is 34.6 Å². The van der Waals surface area contributed by atoms with Crippen LogP contribution in [0.2, 0.25) is 0 Å². The predicted molar refractivity (Wildman–Crippen MR) is 130 cm³/mol. The van der Waals surface area contributed by atoms with E-state index in [0.29, 0.717) is 37.9 Å². The molecule has 1 aliphatic rings. The molecule has 1 heterocycles. The second kappa shape index (κ2) is 13.8. The van der Waals surface area contributed by atoms with Gasteiger partial charge in [-0.2, -0.15) is 0 Å². The third-order valence-corrected chi connectivity index (χ3v) is 5.58. The van der Waals surface area contributed by atoms with Crippen molar-refractivity contribution in [3.8, 4) is 5.75 Å². The predicted octanol–water partition coefficient (Wildman–Crippen LogP) is 4.98. The van der Waals surface area contributed by atoms with Crippen LogP contribution in [0.25, 0.3) is 0 Å². The summed E-state index contributed by atoms with van der Waals surface area (Å²) in [4.78, 5) is 15.8. The van der Waals surface area contributed by atoms with Gasteiger partial charge >= 0.3 is 0 Å². The van der Waals surface area contributed by atoms with Crippen LogP contribution in [-0.2, 0) is 14.3 Å². The number of anilines is 1. The smallest absolute Gasteiger partial charge is 0.256 e. The number of morpholine rings is 1. The molecule has 182 valence electrons. The topological polar surface area (TPSA) is 60.0 Å². The lowest BCUT2D eigenvalue weighted by atomic mass is 9.83. The van der Waals surface area contributed by atoms with Crippen molar-refractivity contribution in [2.75, 3.05) is 51.4 Å². The highest BCUT2D eigenvalue weighted by molar-refractivity contribution is 5.97. The Labute approximate surface area is 195 Å². The molecule has 1 fully saturated rings. The lowest BCUT2D eigenvalue weighted by Crippen LogP contribution is -2.47. The summed E-state index contributed by atoms with van der Waals surface area (Å²) in [5.41, 5.74) is -0.0276. The van der Waals surface area contributed by atoms with Gasteiger partial charge in [-0.3, -0.25) is 9.69 Å². The lowest BCUT2D eigenvalue weighted by molar-refractivity contribution is -0.147. The number of carbonyl (C=O) groups is 1. The van der Waals surface area contributed by atoms with Crippen molar-refractivity contribution in [3.63, 3.8) is 0 Å². The molecule has 0 spiro atoms. The first-order valence-electron chi connectivity index (χ1n) is 12.3. The molecule has 0 aliphatic carbocycles. The van der Waals surface area contributed by atoms with E-state index < -0.39 is 5.60 Å². The number of nitrogens with one attached hydrogen (secondary N) is 1. The van der Waals surface area contributed by atoms with Gasteiger partial charge in [-0.25, -0.2) is 0 Å². The fourth-order valence-corrected chi connectivity index (χ4v) is 4.25. The normalized spacial score (nSPS) is 15.3. The molecule has 6 nitrogen and oxygen atoms in total. The standard InChI is InChI=1S/C26H44N2O4/c1-6-15-32-26(19-21(2)3,20-22(4)5)25(29)27-23-8-10-24(11-9-23)31-16-7-12-28-13-17-30-18-14-28/h8-11,21-22H,6-7,12-20H2,1-5H3,(H,27,29). The molecule has 0 bridgehead atoms. The van der Waals surface area contributed by atoms with Crippen LogP contribution in [0.1, 0.15) is 60.3 Å². The van der Waals surface area contributed by atoms with E-state index >= 15 is 0 Å². The van der Waals surface area contributed by atoms with E-state index in [1.54, 1.807) is 0 Å². The van der Waals surface area contributed by atoms with Crippen molar-refractivity contribution < 1.29 is 19.0 Å². The molecule has 2 rings (SSSR count). The molecule has 1 aromatic carbocycles. The van der Waals surface area contributed by atoms with Crippen LogP contribution in [0.4, 0.5) is 5.69 Å². The first kappa shape index (κ1) is 26.6. The number of hydrogen-bond donors (Lipinski definition) is 1. The summed E-state index contributed by atoms with van der Waals surface area (Å²) in [5.74, 6) is 1.50. The molecule has 0 aromatic heterocycles. The molecule has 0 unspecified atom stereocenters. The maximum atomic E-state index is 13.4. The highest BCUT2D eigenvalue weighted by Gasteiger charge is 2.40. The van der Waals surface area contributed by atoms with Crippen molar-refractivity contribution >= 4 is 11.6 Å². The number of hydrogen-bond acceptors (Lipinski definition) is 5. The van der Waals surface area contributed by atoms with Crippen LogP contribution in [0.3, 0.4) is 0 Å². The van der Waals surface area contributed by atoms with Gasteiger partial charge in [-0.05, 0) is 61.8 Å². The summed E-state index contributed by atoms with van der Waals surface area (Å²) in [7, 11) is 0. The fourth-order valence-electron chi connectivity index (χ4n) is 4.25. The Morgan fingerprint density at radius 2 is 1.69 bits per heavy atom. The second-order valence-electron chi connectivity index (χ2n) is 9.67. The third kappa shape index (κ3) is 9.08. The Hall–Kier alpha value is -1.63. The van der Waals surface area contributed by atoms with E-state index in [-0.39, 0.29) is 5.91 Å². The fraction of sp³-hybridized carbons (Fsp3) is 0.731. The largest absolute Gasteiger partial charge is 0.494 e. The summed E-state index contributed by atoms with van der Waals surface area (Å²) in [5, 5.41) is 3.10. The van der Waals surface area contributed by atoms with Gasteiger partial charge in [0.15, 0.2) is 0 Å². The summed E-state index contributed by atoms with van der Waals surface area (Å²) < 4.78 is 17.5. The van der Waals surface area contributed by atoms with Crippen LogP contribution in [0.5, 0.6) is 5.75 Å². The maximum absolute atomic E-state index is 13.4. The minimum atomic E-state index is -0.799. The van der Waals surface area contributed by atoms with Gasteiger partial charge in [0.05, 0.1) is 19.8 Å². The molecule has 1 aromatic rings. The van der Waals surface area contributed by atoms with Gasteiger partial charge in [0, 0.05) is 31.9 Å². The second-order valence-corrected chi connectivity index (χ2v) is 9.67. The number of carbonyl (C=O) groups excluding carboxylic acids is 1. The zero-order chi connectivity index (χ0) is 23.4. The highest BCUT2D eigenvalue weighted by Crippen LogP contribution is 2.31. The molecule has 1 amide bonds. The summed E-state index contributed by atoms with van der Waals surface area (Å²) >= 11 is 0. The van der Waals surface area contributed by atoms with Gasteiger partial charge in [0.1, 0.15) is 11.4 Å². The number of ether oxygens (including phenoxy) is 3. The SMILES string of the molecule is CCCOC(CC(C)C)(CC(C)C)C(=O)Nc1ccc(OCCCN2CCOCC2)cc1. The first-order chi connectivity index (χ1) is 15.3. The Morgan fingerprint density at radius 3 is 2.25 bits per heavy atom. The molecule has 1 N–H and O–H groups in total. The van der Waals surface area contributed by atoms with E-state index in [9.17, 15) is 4.79 Å².